The van der Waals surface area contributed by atoms with Crippen LogP contribution in [0, 0.1) is 5.92 Å². The number of hydrogen-bond acceptors (Lipinski definition) is 7. The average molecular weight is 378 g/mol. The Morgan fingerprint density at radius 3 is 2.62 bits per heavy atom. The molecule has 1 aliphatic rings. The van der Waals surface area contributed by atoms with Crippen LogP contribution in [0.25, 0.3) is 0 Å². The first kappa shape index (κ1) is 17.9. The van der Waals surface area contributed by atoms with Gasteiger partial charge < -0.3 is 16.2 Å². The number of ether oxygens (including phenoxy) is 1. The maximum Gasteiger partial charge on any atom is 0.320 e. The lowest BCUT2D eigenvalue weighted by Crippen LogP contribution is -2.50. The number of aromatic amines is 1. The number of nitrogens with two attached hydrogens (primary N) is 2. The molecule has 1 amide bonds. The standard InChI is InChI=1S/C16H16ClN5O4/c1-2-26-15(25)10-11(18)9-12(20-16(19)21-13(9)23)22(14(10)24)8-5-3-7(17)4-6-8/h3-6,10-11H,2,18H2,1H3,(H3,19,20,21,23). The van der Waals surface area contributed by atoms with Crippen molar-refractivity contribution in [3.05, 3.63) is 45.2 Å². The number of aromatic nitrogens is 2. The summed E-state index contributed by atoms with van der Waals surface area (Å²) < 4.78 is 4.96. The quantitative estimate of drug-likeness (QED) is 0.531. The minimum absolute atomic E-state index is 0.0215. The molecule has 10 heteroatoms. The van der Waals surface area contributed by atoms with E-state index in [0.29, 0.717) is 10.7 Å². The van der Waals surface area contributed by atoms with Crippen LogP contribution in [0.2, 0.25) is 5.02 Å². The molecule has 1 aromatic carbocycles. The monoisotopic (exact) mass is 377 g/mol. The average Bonchev–Trinajstić information content (AvgIpc) is 2.56. The molecule has 0 radical (unpaired) electrons. The number of hydrogen-bond donors (Lipinski definition) is 3. The largest absolute Gasteiger partial charge is 0.465 e. The highest BCUT2D eigenvalue weighted by molar-refractivity contribution is 6.30. The smallest absolute Gasteiger partial charge is 0.320 e. The number of carbonyl (C=O) groups excluding carboxylic acids is 2. The van der Waals surface area contributed by atoms with E-state index in [0.717, 1.165) is 4.90 Å². The zero-order valence-electron chi connectivity index (χ0n) is 13.7. The molecule has 2 aromatic rings. The highest BCUT2D eigenvalue weighted by Crippen LogP contribution is 2.38. The summed E-state index contributed by atoms with van der Waals surface area (Å²) in [5.41, 5.74) is 11.4. The molecule has 9 nitrogen and oxygen atoms in total. The van der Waals surface area contributed by atoms with Gasteiger partial charge in [0.05, 0.1) is 23.9 Å². The van der Waals surface area contributed by atoms with Gasteiger partial charge in [-0.05, 0) is 31.2 Å². The van der Waals surface area contributed by atoms with Gasteiger partial charge in [0.1, 0.15) is 0 Å². The third-order valence-corrected chi connectivity index (χ3v) is 4.22. The highest BCUT2D eigenvalue weighted by atomic mass is 35.5. The third kappa shape index (κ3) is 2.91. The summed E-state index contributed by atoms with van der Waals surface area (Å²) in [6, 6.07) is 5.03. The van der Waals surface area contributed by atoms with Crippen LogP contribution in [0.5, 0.6) is 0 Å². The van der Waals surface area contributed by atoms with E-state index in [2.05, 4.69) is 9.97 Å². The molecule has 2 unspecified atom stereocenters. The van der Waals surface area contributed by atoms with Gasteiger partial charge in [0.25, 0.3) is 5.56 Å². The van der Waals surface area contributed by atoms with Crippen molar-refractivity contribution in [1.82, 2.24) is 9.97 Å². The van der Waals surface area contributed by atoms with E-state index in [4.69, 9.17) is 27.8 Å². The predicted octanol–water partition coefficient (Wildman–Crippen LogP) is 0.863. The minimum Gasteiger partial charge on any atom is -0.465 e. The highest BCUT2D eigenvalue weighted by Gasteiger charge is 2.47. The van der Waals surface area contributed by atoms with Gasteiger partial charge in [0.15, 0.2) is 11.7 Å². The van der Waals surface area contributed by atoms with Gasteiger partial charge in [-0.3, -0.25) is 24.3 Å². The molecule has 0 spiro atoms. The normalized spacial score (nSPS) is 19.2. The summed E-state index contributed by atoms with van der Waals surface area (Å²) in [5.74, 6) is -3.06. The Bertz CT molecular complexity index is 927. The summed E-state index contributed by atoms with van der Waals surface area (Å²) in [6.45, 7) is 1.68. The summed E-state index contributed by atoms with van der Waals surface area (Å²) in [6.07, 6.45) is 0. The van der Waals surface area contributed by atoms with E-state index in [-0.39, 0.29) is 23.9 Å². The molecule has 26 heavy (non-hydrogen) atoms. The van der Waals surface area contributed by atoms with Gasteiger partial charge in [-0.2, -0.15) is 4.98 Å². The lowest BCUT2D eigenvalue weighted by Gasteiger charge is -2.35. The van der Waals surface area contributed by atoms with Crippen LogP contribution in [0.1, 0.15) is 18.5 Å². The van der Waals surface area contributed by atoms with Crippen LogP contribution in [0.4, 0.5) is 17.5 Å². The predicted molar refractivity (Wildman–Crippen MR) is 94.9 cm³/mol. The van der Waals surface area contributed by atoms with E-state index in [1.165, 1.54) is 0 Å². The molecule has 5 N–H and O–H groups in total. The Labute approximate surface area is 152 Å². The second-order valence-electron chi connectivity index (χ2n) is 5.59. The Morgan fingerprint density at radius 1 is 1.35 bits per heavy atom. The van der Waals surface area contributed by atoms with Crippen LogP contribution in [0.15, 0.2) is 29.1 Å². The Hall–Kier alpha value is -2.91. The first-order valence-electron chi connectivity index (χ1n) is 7.76. The molecule has 1 aliphatic heterocycles. The molecule has 2 atom stereocenters. The van der Waals surface area contributed by atoms with Crippen LogP contribution in [0.3, 0.4) is 0 Å². The molecule has 0 saturated carbocycles. The Balaban J connectivity index is 2.23. The molecule has 3 rings (SSSR count). The van der Waals surface area contributed by atoms with E-state index in [1.54, 1.807) is 31.2 Å². The lowest BCUT2D eigenvalue weighted by molar-refractivity contribution is -0.152. The lowest BCUT2D eigenvalue weighted by atomic mass is 9.89. The van der Waals surface area contributed by atoms with E-state index in [1.807, 2.05) is 0 Å². The van der Waals surface area contributed by atoms with Crippen LogP contribution >= 0.6 is 11.6 Å². The van der Waals surface area contributed by atoms with Crippen molar-refractivity contribution in [2.45, 2.75) is 13.0 Å². The summed E-state index contributed by atoms with van der Waals surface area (Å²) in [4.78, 5) is 45.3. The number of nitrogens with one attached hydrogen (secondary N) is 1. The Kier molecular flexibility index (Phi) is 4.66. The van der Waals surface area contributed by atoms with Crippen molar-refractivity contribution in [2.24, 2.45) is 11.7 Å². The number of benzene rings is 1. The molecular weight excluding hydrogens is 362 g/mol. The number of fused-ring (bicyclic) bond motifs is 1. The molecule has 0 aliphatic carbocycles. The molecule has 2 heterocycles. The Morgan fingerprint density at radius 2 is 2.00 bits per heavy atom. The first-order valence-corrected chi connectivity index (χ1v) is 8.14. The molecule has 1 aromatic heterocycles. The number of halogens is 1. The second-order valence-corrected chi connectivity index (χ2v) is 6.03. The van der Waals surface area contributed by atoms with Crippen molar-refractivity contribution in [3.63, 3.8) is 0 Å². The molecular formula is C16H16ClN5O4. The van der Waals surface area contributed by atoms with Crippen LogP contribution < -0.4 is 21.9 Å². The number of H-pyrrole nitrogens is 1. The SMILES string of the molecule is CCOC(=O)C1C(=O)N(c2ccc(Cl)cc2)c2nc(N)[nH]c(=O)c2C1N. The molecule has 0 saturated heterocycles. The fourth-order valence-electron chi connectivity index (χ4n) is 2.84. The third-order valence-electron chi connectivity index (χ3n) is 3.97. The second kappa shape index (κ2) is 6.77. The maximum absolute atomic E-state index is 13.0. The first-order chi connectivity index (χ1) is 12.3. The minimum atomic E-state index is -1.38. The number of nitrogen functional groups attached to an aromatic ring is 1. The topological polar surface area (TPSA) is 144 Å². The van der Waals surface area contributed by atoms with Crippen molar-refractivity contribution in [2.75, 3.05) is 17.2 Å². The van der Waals surface area contributed by atoms with Crippen molar-refractivity contribution in [1.29, 1.82) is 0 Å². The van der Waals surface area contributed by atoms with Gasteiger partial charge >= 0.3 is 5.97 Å². The van der Waals surface area contributed by atoms with Gasteiger partial charge in [-0.25, -0.2) is 0 Å². The number of nitrogens with zero attached hydrogens (tertiary/aromatic N) is 2. The van der Waals surface area contributed by atoms with Crippen LogP contribution in [-0.2, 0) is 14.3 Å². The fourth-order valence-corrected chi connectivity index (χ4v) is 2.97. The van der Waals surface area contributed by atoms with Crippen molar-refractivity contribution in [3.8, 4) is 0 Å². The maximum atomic E-state index is 13.0. The fraction of sp³-hybridized carbons (Fsp3) is 0.250. The van der Waals surface area contributed by atoms with Gasteiger partial charge in [-0.1, -0.05) is 11.6 Å². The van der Waals surface area contributed by atoms with Gasteiger partial charge in [0.2, 0.25) is 11.9 Å². The van der Waals surface area contributed by atoms with Crippen molar-refractivity contribution >= 4 is 40.9 Å². The summed E-state index contributed by atoms with van der Waals surface area (Å²) in [5, 5.41) is 0.454. The number of rotatable bonds is 3. The van der Waals surface area contributed by atoms with E-state index in [9.17, 15) is 14.4 Å². The zero-order chi connectivity index (χ0) is 19.0. The zero-order valence-corrected chi connectivity index (χ0v) is 14.5. The molecule has 0 fully saturated rings. The van der Waals surface area contributed by atoms with Crippen LogP contribution in [-0.4, -0.2) is 28.5 Å². The molecule has 0 bridgehead atoms. The number of esters is 1. The number of amides is 1. The van der Waals surface area contributed by atoms with Gasteiger partial charge in [-0.15, -0.1) is 0 Å². The number of carbonyl (C=O) groups is 2. The van der Waals surface area contributed by atoms with Crippen molar-refractivity contribution < 1.29 is 14.3 Å². The van der Waals surface area contributed by atoms with E-state index < -0.39 is 29.4 Å². The summed E-state index contributed by atoms with van der Waals surface area (Å²) in [7, 11) is 0. The molecule has 136 valence electrons. The summed E-state index contributed by atoms with van der Waals surface area (Å²) >= 11 is 5.89. The van der Waals surface area contributed by atoms with E-state index >= 15 is 0 Å². The number of anilines is 3. The van der Waals surface area contributed by atoms with Gasteiger partial charge in [0, 0.05) is 5.02 Å².